The van der Waals surface area contributed by atoms with Crippen molar-refractivity contribution in [1.82, 2.24) is 0 Å². The number of hydrogen-bond acceptors (Lipinski definition) is 4. The van der Waals surface area contributed by atoms with Crippen LogP contribution in [0.3, 0.4) is 0 Å². The smallest absolute Gasteiger partial charge is 0.310 e. The van der Waals surface area contributed by atoms with Gasteiger partial charge in [-0.1, -0.05) is 28.1 Å². The first-order valence-electron chi connectivity index (χ1n) is 6.06. The summed E-state index contributed by atoms with van der Waals surface area (Å²) in [5.41, 5.74) is 1.86. The van der Waals surface area contributed by atoms with Gasteiger partial charge in [-0.05, 0) is 30.5 Å². The highest BCUT2D eigenvalue weighted by Crippen LogP contribution is 2.20. The number of hydrogen-bond donors (Lipinski definition) is 0. The molecule has 104 valence electrons. The van der Waals surface area contributed by atoms with Gasteiger partial charge in [-0.15, -0.1) is 0 Å². The summed E-state index contributed by atoms with van der Waals surface area (Å²) in [6.07, 6.45) is 1.15. The molecule has 19 heavy (non-hydrogen) atoms. The molecular formula is C14H17BrO4. The lowest BCUT2D eigenvalue weighted by atomic mass is 10.0. The molecule has 0 aliphatic heterocycles. The van der Waals surface area contributed by atoms with Gasteiger partial charge in [0.05, 0.1) is 20.1 Å². The predicted octanol–water partition coefficient (Wildman–Crippen LogP) is 2.66. The maximum absolute atomic E-state index is 11.5. The fourth-order valence-corrected chi connectivity index (χ4v) is 2.02. The Kier molecular flexibility index (Phi) is 6.56. The zero-order valence-corrected chi connectivity index (χ0v) is 12.7. The SMILES string of the molecule is CCOC(=O)Cc1cc(CCC(=O)OC)ccc1Br. The molecule has 0 unspecified atom stereocenters. The van der Waals surface area contributed by atoms with E-state index < -0.39 is 0 Å². The summed E-state index contributed by atoms with van der Waals surface area (Å²) >= 11 is 3.40. The molecule has 0 aliphatic rings. The molecule has 0 saturated carbocycles. The lowest BCUT2D eigenvalue weighted by molar-refractivity contribution is -0.142. The number of ether oxygens (including phenoxy) is 2. The molecule has 0 aromatic heterocycles. The van der Waals surface area contributed by atoms with Gasteiger partial charge < -0.3 is 9.47 Å². The molecular weight excluding hydrogens is 312 g/mol. The third-order valence-electron chi connectivity index (χ3n) is 2.60. The summed E-state index contributed by atoms with van der Waals surface area (Å²) in [6.45, 7) is 2.15. The fraction of sp³-hybridized carbons (Fsp3) is 0.429. The van der Waals surface area contributed by atoms with Crippen LogP contribution in [0.1, 0.15) is 24.5 Å². The second-order valence-corrected chi connectivity index (χ2v) is 4.84. The molecule has 5 heteroatoms. The van der Waals surface area contributed by atoms with E-state index in [1.165, 1.54) is 7.11 Å². The zero-order valence-electron chi connectivity index (χ0n) is 11.1. The summed E-state index contributed by atoms with van der Waals surface area (Å²) in [7, 11) is 1.37. The van der Waals surface area contributed by atoms with E-state index in [0.717, 1.165) is 15.6 Å². The highest BCUT2D eigenvalue weighted by Gasteiger charge is 2.09. The Hall–Kier alpha value is -1.36. The molecule has 0 heterocycles. The molecule has 1 aromatic rings. The number of benzene rings is 1. The largest absolute Gasteiger partial charge is 0.469 e. The van der Waals surface area contributed by atoms with E-state index in [1.807, 2.05) is 18.2 Å². The Balaban J connectivity index is 2.71. The summed E-state index contributed by atoms with van der Waals surface area (Å²) in [5.74, 6) is -0.497. The molecule has 1 aromatic carbocycles. The summed E-state index contributed by atoms with van der Waals surface area (Å²) in [6, 6.07) is 5.70. The minimum Gasteiger partial charge on any atom is -0.469 e. The van der Waals surface area contributed by atoms with Crippen LogP contribution in [0.25, 0.3) is 0 Å². The molecule has 0 bridgehead atoms. The first kappa shape index (κ1) is 15.7. The minimum atomic E-state index is -0.256. The number of halogens is 1. The Morgan fingerprint density at radius 2 is 2.00 bits per heavy atom. The average molecular weight is 329 g/mol. The number of esters is 2. The summed E-state index contributed by atoms with van der Waals surface area (Å²) < 4.78 is 10.4. The highest BCUT2D eigenvalue weighted by atomic mass is 79.9. The summed E-state index contributed by atoms with van der Waals surface area (Å²) in [5, 5.41) is 0. The van der Waals surface area contributed by atoms with Gasteiger partial charge in [0.15, 0.2) is 0 Å². The highest BCUT2D eigenvalue weighted by molar-refractivity contribution is 9.10. The normalized spacial score (nSPS) is 10.1. The molecule has 0 radical (unpaired) electrons. The molecule has 0 fully saturated rings. The topological polar surface area (TPSA) is 52.6 Å². The van der Waals surface area contributed by atoms with Crippen molar-refractivity contribution in [3.63, 3.8) is 0 Å². The maximum atomic E-state index is 11.5. The van der Waals surface area contributed by atoms with Gasteiger partial charge in [0.25, 0.3) is 0 Å². The van der Waals surface area contributed by atoms with Crippen molar-refractivity contribution in [2.24, 2.45) is 0 Å². The van der Waals surface area contributed by atoms with E-state index in [9.17, 15) is 9.59 Å². The quantitative estimate of drug-likeness (QED) is 0.753. The van der Waals surface area contributed by atoms with Gasteiger partial charge in [0, 0.05) is 10.9 Å². The van der Waals surface area contributed by atoms with Crippen LogP contribution in [0.15, 0.2) is 22.7 Å². The number of aryl methyl sites for hydroxylation is 1. The fourth-order valence-electron chi connectivity index (χ4n) is 1.64. The van der Waals surface area contributed by atoms with Crippen LogP contribution in [0.5, 0.6) is 0 Å². The van der Waals surface area contributed by atoms with Crippen LogP contribution >= 0.6 is 15.9 Å². The Morgan fingerprint density at radius 1 is 1.26 bits per heavy atom. The lowest BCUT2D eigenvalue weighted by Gasteiger charge is -2.07. The van der Waals surface area contributed by atoms with Gasteiger partial charge in [-0.3, -0.25) is 9.59 Å². The van der Waals surface area contributed by atoms with Crippen molar-refractivity contribution >= 4 is 27.9 Å². The Bertz CT molecular complexity index is 457. The van der Waals surface area contributed by atoms with E-state index in [4.69, 9.17) is 4.74 Å². The average Bonchev–Trinajstić information content (AvgIpc) is 2.39. The Morgan fingerprint density at radius 3 is 2.63 bits per heavy atom. The maximum Gasteiger partial charge on any atom is 0.310 e. The van der Waals surface area contributed by atoms with E-state index in [-0.39, 0.29) is 18.4 Å². The van der Waals surface area contributed by atoms with E-state index in [0.29, 0.717) is 19.4 Å². The van der Waals surface area contributed by atoms with E-state index >= 15 is 0 Å². The van der Waals surface area contributed by atoms with Crippen molar-refractivity contribution in [3.05, 3.63) is 33.8 Å². The van der Waals surface area contributed by atoms with Crippen molar-refractivity contribution in [1.29, 1.82) is 0 Å². The van der Waals surface area contributed by atoms with Gasteiger partial charge in [-0.2, -0.15) is 0 Å². The van der Waals surface area contributed by atoms with Gasteiger partial charge in [-0.25, -0.2) is 0 Å². The van der Waals surface area contributed by atoms with Gasteiger partial charge >= 0.3 is 11.9 Å². The van der Waals surface area contributed by atoms with Gasteiger partial charge in [0.2, 0.25) is 0 Å². The Labute approximate surface area is 121 Å². The third kappa shape index (κ3) is 5.42. The van der Waals surface area contributed by atoms with Crippen molar-refractivity contribution in [3.8, 4) is 0 Å². The first-order valence-corrected chi connectivity index (χ1v) is 6.85. The third-order valence-corrected chi connectivity index (χ3v) is 3.37. The molecule has 0 atom stereocenters. The van der Waals surface area contributed by atoms with Crippen LogP contribution in [0.2, 0.25) is 0 Å². The van der Waals surface area contributed by atoms with Crippen molar-refractivity contribution in [2.75, 3.05) is 13.7 Å². The zero-order chi connectivity index (χ0) is 14.3. The number of carbonyl (C=O) groups is 2. The number of rotatable bonds is 6. The molecule has 0 amide bonds. The van der Waals surface area contributed by atoms with E-state index in [1.54, 1.807) is 6.92 Å². The molecule has 0 saturated heterocycles. The molecule has 0 N–H and O–H groups in total. The van der Waals surface area contributed by atoms with Crippen LogP contribution in [-0.2, 0) is 31.9 Å². The molecule has 4 nitrogen and oxygen atoms in total. The minimum absolute atomic E-state index is 0.223. The van der Waals surface area contributed by atoms with Crippen LogP contribution in [0.4, 0.5) is 0 Å². The summed E-state index contributed by atoms with van der Waals surface area (Å²) in [4.78, 5) is 22.6. The van der Waals surface area contributed by atoms with Crippen molar-refractivity contribution < 1.29 is 19.1 Å². The molecule has 1 rings (SSSR count). The standard InChI is InChI=1S/C14H17BrO4/c1-3-19-14(17)9-11-8-10(4-6-12(11)15)5-7-13(16)18-2/h4,6,8H,3,5,7,9H2,1-2H3. The monoisotopic (exact) mass is 328 g/mol. The van der Waals surface area contributed by atoms with Gasteiger partial charge in [0.1, 0.15) is 0 Å². The predicted molar refractivity (Wildman–Crippen MR) is 74.8 cm³/mol. The second kappa shape index (κ2) is 7.94. The number of methoxy groups -OCH3 is 1. The van der Waals surface area contributed by atoms with Crippen LogP contribution < -0.4 is 0 Å². The second-order valence-electron chi connectivity index (χ2n) is 3.98. The lowest BCUT2D eigenvalue weighted by Crippen LogP contribution is -2.08. The van der Waals surface area contributed by atoms with E-state index in [2.05, 4.69) is 20.7 Å². The first-order chi connectivity index (χ1) is 9.06. The van der Waals surface area contributed by atoms with Crippen LogP contribution in [-0.4, -0.2) is 25.7 Å². The van der Waals surface area contributed by atoms with Crippen molar-refractivity contribution in [2.45, 2.75) is 26.2 Å². The molecule has 0 spiro atoms. The van der Waals surface area contributed by atoms with Crippen LogP contribution in [0, 0.1) is 0 Å². The molecule has 0 aliphatic carbocycles. The number of carbonyl (C=O) groups excluding carboxylic acids is 2.